The Morgan fingerprint density at radius 2 is 1.71 bits per heavy atom. The number of nitrogens with one attached hydrogen (secondary N) is 2. The summed E-state index contributed by atoms with van der Waals surface area (Å²) in [4.78, 5) is 52.9. The Morgan fingerprint density at radius 1 is 1.05 bits per heavy atom. The van der Waals surface area contributed by atoms with Gasteiger partial charge in [0.2, 0.25) is 11.8 Å². The van der Waals surface area contributed by atoms with Gasteiger partial charge in [-0.2, -0.15) is 0 Å². The number of nitrogens with two attached hydrogens (primary N) is 1. The summed E-state index contributed by atoms with van der Waals surface area (Å²) >= 11 is 0. The second-order valence-corrected chi connectivity index (χ2v) is 10.1. The van der Waals surface area contributed by atoms with Crippen LogP contribution in [0.15, 0.2) is 42.5 Å². The van der Waals surface area contributed by atoms with Gasteiger partial charge in [-0.3, -0.25) is 14.4 Å². The molecular weight excluding hydrogens is 488 g/mol. The van der Waals surface area contributed by atoms with Gasteiger partial charge in [0.25, 0.3) is 5.91 Å². The van der Waals surface area contributed by atoms with Crippen molar-refractivity contribution in [2.45, 2.75) is 72.1 Å². The van der Waals surface area contributed by atoms with Crippen molar-refractivity contribution < 1.29 is 29.0 Å². The molecule has 0 spiro atoms. The molecule has 0 fully saturated rings. The van der Waals surface area contributed by atoms with Gasteiger partial charge in [-0.05, 0) is 82.9 Å². The van der Waals surface area contributed by atoms with Crippen molar-refractivity contribution in [2.75, 3.05) is 11.9 Å². The smallest absolute Gasteiger partial charge is 0.408 e. The molecule has 0 bridgehead atoms. The number of carbonyl (C=O) groups excluding carboxylic acids is 4. The molecule has 206 valence electrons. The van der Waals surface area contributed by atoms with E-state index >= 15 is 0 Å². The molecule has 2 unspecified atom stereocenters. The molecule has 2 rings (SSSR count). The summed E-state index contributed by atoms with van der Waals surface area (Å²) in [5.74, 6) is -1.66. The van der Waals surface area contributed by atoms with Gasteiger partial charge in [0.15, 0.2) is 0 Å². The molecule has 0 heterocycles. The summed E-state index contributed by atoms with van der Waals surface area (Å²) in [7, 11) is 0. The van der Waals surface area contributed by atoms with Crippen molar-refractivity contribution >= 4 is 29.5 Å². The minimum absolute atomic E-state index is 0.0483. The largest absolute Gasteiger partial charge is 0.508 e. The Balaban J connectivity index is 2.50. The maximum Gasteiger partial charge on any atom is 0.408 e. The molecule has 5 N–H and O–H groups in total. The molecule has 0 saturated heterocycles. The van der Waals surface area contributed by atoms with Crippen LogP contribution in [0.25, 0.3) is 0 Å². The van der Waals surface area contributed by atoms with Crippen LogP contribution in [0.5, 0.6) is 5.75 Å². The fraction of sp³-hybridized carbons (Fsp3) is 0.429. The van der Waals surface area contributed by atoms with Crippen LogP contribution in [-0.4, -0.2) is 52.0 Å². The quantitative estimate of drug-likeness (QED) is 0.371. The van der Waals surface area contributed by atoms with Crippen molar-refractivity contribution in [3.8, 4) is 5.75 Å². The molecule has 2 aromatic rings. The van der Waals surface area contributed by atoms with Gasteiger partial charge in [0.05, 0.1) is 0 Å². The highest BCUT2D eigenvalue weighted by Gasteiger charge is 2.36. The van der Waals surface area contributed by atoms with E-state index in [4.69, 9.17) is 10.5 Å². The molecule has 38 heavy (non-hydrogen) atoms. The fourth-order valence-electron chi connectivity index (χ4n) is 3.90. The molecule has 2 atom stereocenters. The first-order valence-corrected chi connectivity index (χ1v) is 12.5. The maximum atomic E-state index is 13.9. The molecule has 0 saturated carbocycles. The molecule has 0 aliphatic rings. The number of benzene rings is 2. The molecule has 0 radical (unpaired) electrons. The number of carbonyl (C=O) groups is 4. The van der Waals surface area contributed by atoms with Gasteiger partial charge < -0.3 is 31.1 Å². The van der Waals surface area contributed by atoms with Crippen LogP contribution >= 0.6 is 0 Å². The third kappa shape index (κ3) is 8.50. The number of alkyl carbamates (subject to hydrolysis) is 1. The summed E-state index contributed by atoms with van der Waals surface area (Å²) in [6.45, 7) is 10.4. The van der Waals surface area contributed by atoms with Crippen molar-refractivity contribution in [1.29, 1.82) is 0 Å². The lowest BCUT2D eigenvalue weighted by Crippen LogP contribution is -2.52. The van der Waals surface area contributed by atoms with Crippen LogP contribution in [-0.2, 0) is 19.1 Å². The summed E-state index contributed by atoms with van der Waals surface area (Å²) in [6, 6.07) is 9.61. The average Bonchev–Trinajstić information content (AvgIpc) is 2.81. The highest BCUT2D eigenvalue weighted by Crippen LogP contribution is 2.29. The number of phenols is 1. The van der Waals surface area contributed by atoms with E-state index in [1.807, 2.05) is 19.1 Å². The molecule has 10 nitrogen and oxygen atoms in total. The Hall–Kier alpha value is -4.08. The van der Waals surface area contributed by atoms with Crippen LogP contribution in [0.3, 0.4) is 0 Å². The topological polar surface area (TPSA) is 151 Å². The number of primary amides is 1. The number of anilines is 1. The Labute approximate surface area is 223 Å². The standard InChI is InChI=1S/C28H38N4O6/c1-7-32(26(36)21(13-15-23(29)34)31-27(37)38-28(4,5)6)24(19-12-14-22(33)18(3)16-19)25(35)30-20-11-9-8-10-17(20)2/h8-12,14,16,21,24,33H,7,13,15H2,1-6H3,(H2,29,34)(H,30,35)(H,31,37). The number of rotatable bonds is 10. The zero-order valence-corrected chi connectivity index (χ0v) is 22.8. The van der Waals surface area contributed by atoms with Crippen molar-refractivity contribution in [3.05, 3.63) is 59.2 Å². The highest BCUT2D eigenvalue weighted by molar-refractivity contribution is 5.99. The van der Waals surface area contributed by atoms with E-state index in [1.165, 1.54) is 11.0 Å². The van der Waals surface area contributed by atoms with Crippen LogP contribution in [0, 0.1) is 13.8 Å². The second kappa shape index (κ2) is 12.9. The first kappa shape index (κ1) is 30.1. The lowest BCUT2D eigenvalue weighted by molar-refractivity contribution is -0.140. The highest BCUT2D eigenvalue weighted by atomic mass is 16.6. The number of ether oxygens (including phenoxy) is 1. The zero-order chi connectivity index (χ0) is 28.6. The van der Waals surface area contributed by atoms with E-state index in [0.29, 0.717) is 16.8 Å². The third-order valence-corrected chi connectivity index (χ3v) is 5.79. The van der Waals surface area contributed by atoms with Gasteiger partial charge in [-0.1, -0.05) is 24.3 Å². The van der Waals surface area contributed by atoms with Crippen molar-refractivity contribution in [2.24, 2.45) is 5.73 Å². The number of hydrogen-bond acceptors (Lipinski definition) is 6. The fourth-order valence-corrected chi connectivity index (χ4v) is 3.90. The molecule has 0 aromatic heterocycles. The van der Waals surface area contributed by atoms with Gasteiger partial charge >= 0.3 is 6.09 Å². The average molecular weight is 527 g/mol. The van der Waals surface area contributed by atoms with Crippen LogP contribution in [0.2, 0.25) is 0 Å². The molecule has 4 amide bonds. The van der Waals surface area contributed by atoms with E-state index in [-0.39, 0.29) is 25.1 Å². The monoisotopic (exact) mass is 526 g/mol. The first-order valence-electron chi connectivity index (χ1n) is 12.5. The third-order valence-electron chi connectivity index (χ3n) is 5.79. The lowest BCUT2D eigenvalue weighted by Gasteiger charge is -2.34. The summed E-state index contributed by atoms with van der Waals surface area (Å²) in [6.07, 6.45) is -1.08. The number of likely N-dealkylation sites (N-methyl/N-ethyl adjacent to an activating group) is 1. The van der Waals surface area contributed by atoms with Gasteiger partial charge in [0, 0.05) is 18.7 Å². The number of amides is 4. The molecule has 10 heteroatoms. The number of phenolic OH excluding ortho intramolecular Hbond substituents is 1. The van der Waals surface area contributed by atoms with Crippen LogP contribution in [0.4, 0.5) is 10.5 Å². The van der Waals surface area contributed by atoms with Crippen molar-refractivity contribution in [1.82, 2.24) is 10.2 Å². The van der Waals surface area contributed by atoms with Gasteiger partial charge in [-0.25, -0.2) is 4.79 Å². The minimum Gasteiger partial charge on any atom is -0.508 e. The van der Waals surface area contributed by atoms with E-state index in [0.717, 1.165) is 5.56 Å². The van der Waals surface area contributed by atoms with Gasteiger partial charge in [0.1, 0.15) is 23.4 Å². The summed E-state index contributed by atoms with van der Waals surface area (Å²) < 4.78 is 5.31. The number of aryl methyl sites for hydroxylation is 2. The summed E-state index contributed by atoms with van der Waals surface area (Å²) in [5, 5.41) is 15.5. The normalized spacial score (nSPS) is 12.7. The Bertz CT molecular complexity index is 1170. The zero-order valence-electron chi connectivity index (χ0n) is 22.8. The SMILES string of the molecule is CCN(C(=O)C(CCC(N)=O)NC(=O)OC(C)(C)C)C(C(=O)Nc1ccccc1C)c1ccc(O)c(C)c1. The summed E-state index contributed by atoms with van der Waals surface area (Å²) in [5.41, 5.74) is 6.91. The maximum absolute atomic E-state index is 13.9. The molecular formula is C28H38N4O6. The number of aromatic hydroxyl groups is 1. The minimum atomic E-state index is -1.18. The second-order valence-electron chi connectivity index (χ2n) is 10.1. The van der Waals surface area contributed by atoms with Crippen LogP contribution in [0.1, 0.15) is 63.3 Å². The predicted molar refractivity (Wildman–Crippen MR) is 144 cm³/mol. The van der Waals surface area contributed by atoms with E-state index in [1.54, 1.807) is 58.9 Å². The molecule has 0 aliphatic heterocycles. The van der Waals surface area contributed by atoms with Gasteiger partial charge in [-0.15, -0.1) is 0 Å². The number of nitrogens with zero attached hydrogens (tertiary/aromatic N) is 1. The number of para-hydroxylation sites is 1. The van der Waals surface area contributed by atoms with E-state index in [2.05, 4.69) is 10.6 Å². The molecule has 2 aromatic carbocycles. The Kier molecular flexibility index (Phi) is 10.3. The van der Waals surface area contributed by atoms with E-state index in [9.17, 15) is 24.3 Å². The Morgan fingerprint density at radius 3 is 2.26 bits per heavy atom. The number of hydrogen-bond donors (Lipinski definition) is 4. The van der Waals surface area contributed by atoms with Crippen molar-refractivity contribution in [3.63, 3.8) is 0 Å². The molecule has 0 aliphatic carbocycles. The lowest BCUT2D eigenvalue weighted by atomic mass is 9.99. The van der Waals surface area contributed by atoms with E-state index < -0.39 is 41.5 Å². The van der Waals surface area contributed by atoms with Crippen LogP contribution < -0.4 is 16.4 Å². The predicted octanol–water partition coefficient (Wildman–Crippen LogP) is 3.70. The first-order chi connectivity index (χ1) is 17.7.